The quantitative estimate of drug-likeness (QED) is 0.485. The van der Waals surface area contributed by atoms with Crippen LogP contribution in [0.4, 0.5) is 0 Å². The molecule has 0 saturated carbocycles. The topological polar surface area (TPSA) is 9.23 Å². The Morgan fingerprint density at radius 3 is 1.53 bits per heavy atom. The molecule has 90 valence electrons. The van der Waals surface area contributed by atoms with Gasteiger partial charge in [-0.25, -0.2) is 0 Å². The Bertz CT molecular complexity index is 200. The first kappa shape index (κ1) is 15.2. The number of allylic oxidation sites excluding steroid dienone is 1. The fraction of sp³-hybridized carbons (Fsp3) is 0.833. The van der Waals surface area contributed by atoms with Crippen molar-refractivity contribution in [3.05, 3.63) is 10.7 Å². The van der Waals surface area contributed by atoms with Crippen LogP contribution in [-0.2, 0) is 4.43 Å². The van der Waals surface area contributed by atoms with Crippen LogP contribution >= 0.6 is 15.9 Å². The van der Waals surface area contributed by atoms with E-state index >= 15 is 0 Å². The maximum atomic E-state index is 6.32. The number of hydrogen-bond acceptors (Lipinski definition) is 1. The fourth-order valence-electron chi connectivity index (χ4n) is 2.65. The van der Waals surface area contributed by atoms with Crippen molar-refractivity contribution in [2.45, 2.75) is 65.1 Å². The lowest BCUT2D eigenvalue weighted by atomic mass is 10.5. The molecule has 0 aromatic rings. The highest BCUT2D eigenvalue weighted by molar-refractivity contribution is 9.11. The Balaban J connectivity index is 5.14. The van der Waals surface area contributed by atoms with E-state index in [4.69, 9.17) is 4.43 Å². The summed E-state index contributed by atoms with van der Waals surface area (Å²) in [7, 11) is -1.71. The highest BCUT2D eigenvalue weighted by Gasteiger charge is 2.46. The summed E-state index contributed by atoms with van der Waals surface area (Å²) in [5, 5.41) is 0. The largest absolute Gasteiger partial charge is 0.545 e. The van der Waals surface area contributed by atoms with Gasteiger partial charge in [-0.15, -0.1) is 0 Å². The smallest absolute Gasteiger partial charge is 0.258 e. The minimum atomic E-state index is -1.71. The van der Waals surface area contributed by atoms with Crippen molar-refractivity contribution in [1.29, 1.82) is 0 Å². The summed E-state index contributed by atoms with van der Waals surface area (Å²) >= 11 is 3.35. The predicted octanol–water partition coefficient (Wildman–Crippen LogP) is 5.43. The zero-order chi connectivity index (χ0) is 12.2. The van der Waals surface area contributed by atoms with Crippen LogP contribution in [0.5, 0.6) is 0 Å². The molecule has 15 heavy (non-hydrogen) atoms. The number of hydrogen-bond donors (Lipinski definition) is 0. The molecule has 3 heteroatoms. The van der Waals surface area contributed by atoms with Crippen molar-refractivity contribution in [2.24, 2.45) is 0 Å². The zero-order valence-electron chi connectivity index (χ0n) is 11.1. The van der Waals surface area contributed by atoms with Gasteiger partial charge in [-0.3, -0.25) is 0 Å². The third-order valence-corrected chi connectivity index (χ3v) is 9.93. The van der Waals surface area contributed by atoms with Gasteiger partial charge in [0.1, 0.15) is 0 Å². The molecule has 0 heterocycles. The Kier molecular flexibility index (Phi) is 6.19. The summed E-state index contributed by atoms with van der Waals surface area (Å²) in [6, 6.07) is 0. The van der Waals surface area contributed by atoms with Gasteiger partial charge in [0, 0.05) is 4.99 Å². The number of rotatable bonds is 5. The van der Waals surface area contributed by atoms with Gasteiger partial charge in [0.15, 0.2) is 0 Å². The molecule has 1 nitrogen and oxygen atoms in total. The highest BCUT2D eigenvalue weighted by Crippen LogP contribution is 2.43. The molecule has 0 fully saturated rings. The standard InChI is InChI=1S/C12H25BrOSi/c1-9(2)15(10(3)4,11(5)6)14-12(7)8-13/h8-11H,1-7H3/b12-8+. The van der Waals surface area contributed by atoms with Crippen LogP contribution in [0.1, 0.15) is 48.5 Å². The molecule has 0 aromatic heterocycles. The summed E-state index contributed by atoms with van der Waals surface area (Å²) in [6.07, 6.45) is 0. The first-order valence-corrected chi connectivity index (χ1v) is 8.80. The minimum absolute atomic E-state index is 0.639. The van der Waals surface area contributed by atoms with Crippen molar-refractivity contribution in [1.82, 2.24) is 0 Å². The average Bonchev–Trinajstić information content (AvgIpc) is 2.11. The van der Waals surface area contributed by atoms with Crippen LogP contribution in [0.3, 0.4) is 0 Å². The third-order valence-electron chi connectivity index (χ3n) is 3.20. The zero-order valence-corrected chi connectivity index (χ0v) is 13.7. The van der Waals surface area contributed by atoms with Gasteiger partial charge in [-0.1, -0.05) is 57.5 Å². The lowest BCUT2D eigenvalue weighted by Gasteiger charge is -2.42. The molecule has 0 bridgehead atoms. The minimum Gasteiger partial charge on any atom is -0.545 e. The van der Waals surface area contributed by atoms with Gasteiger partial charge < -0.3 is 4.43 Å². The van der Waals surface area contributed by atoms with Gasteiger partial charge in [-0.05, 0) is 23.5 Å². The van der Waals surface area contributed by atoms with E-state index in [0.29, 0.717) is 16.6 Å². The van der Waals surface area contributed by atoms with Gasteiger partial charge in [0.2, 0.25) is 0 Å². The first-order valence-electron chi connectivity index (χ1n) is 5.75. The van der Waals surface area contributed by atoms with Gasteiger partial charge in [0.25, 0.3) is 8.32 Å². The summed E-state index contributed by atoms with van der Waals surface area (Å²) in [6.45, 7) is 15.8. The molecule has 0 amide bonds. The van der Waals surface area contributed by atoms with Crippen molar-refractivity contribution in [3.8, 4) is 0 Å². The predicted molar refractivity (Wildman–Crippen MR) is 74.8 cm³/mol. The van der Waals surface area contributed by atoms with E-state index in [1.165, 1.54) is 0 Å². The normalized spacial score (nSPS) is 14.2. The molecule has 0 N–H and O–H groups in total. The molecular formula is C12H25BrOSi. The molecule has 0 saturated heterocycles. The lowest BCUT2D eigenvalue weighted by molar-refractivity contribution is 0.375. The molecule has 0 rings (SSSR count). The van der Waals surface area contributed by atoms with Crippen molar-refractivity contribution < 1.29 is 4.43 Å². The summed E-state index contributed by atoms with van der Waals surface area (Å²) < 4.78 is 6.32. The molecule has 0 atom stereocenters. The Morgan fingerprint density at radius 2 is 1.33 bits per heavy atom. The summed E-state index contributed by atoms with van der Waals surface area (Å²) in [4.78, 5) is 1.89. The summed E-state index contributed by atoms with van der Waals surface area (Å²) in [5.41, 5.74) is 1.92. The molecule has 0 aromatic carbocycles. The van der Waals surface area contributed by atoms with Gasteiger partial charge in [-0.2, -0.15) is 0 Å². The Hall–Kier alpha value is 0.237. The fourth-order valence-corrected chi connectivity index (χ4v) is 8.24. The van der Waals surface area contributed by atoms with Crippen LogP contribution in [0.15, 0.2) is 10.7 Å². The SMILES string of the molecule is C/C(=C\Br)O[Si](C(C)C)(C(C)C)C(C)C. The molecule has 0 unspecified atom stereocenters. The van der Waals surface area contributed by atoms with E-state index in [1.54, 1.807) is 0 Å². The van der Waals surface area contributed by atoms with Crippen LogP contribution < -0.4 is 0 Å². The van der Waals surface area contributed by atoms with E-state index in [2.05, 4.69) is 57.5 Å². The van der Waals surface area contributed by atoms with Crippen LogP contribution in [0, 0.1) is 0 Å². The molecular weight excluding hydrogens is 268 g/mol. The monoisotopic (exact) mass is 292 g/mol. The Labute approximate surface area is 105 Å². The second-order valence-electron chi connectivity index (χ2n) is 5.14. The van der Waals surface area contributed by atoms with Crippen molar-refractivity contribution in [2.75, 3.05) is 0 Å². The van der Waals surface area contributed by atoms with E-state index in [0.717, 1.165) is 5.76 Å². The van der Waals surface area contributed by atoms with Gasteiger partial charge >= 0.3 is 0 Å². The van der Waals surface area contributed by atoms with Gasteiger partial charge in [0.05, 0.1) is 5.76 Å². The van der Waals surface area contributed by atoms with E-state index in [1.807, 2.05) is 11.9 Å². The summed E-state index contributed by atoms with van der Waals surface area (Å²) in [5.74, 6) is 1.01. The van der Waals surface area contributed by atoms with E-state index < -0.39 is 8.32 Å². The maximum absolute atomic E-state index is 6.32. The van der Waals surface area contributed by atoms with Crippen molar-refractivity contribution in [3.63, 3.8) is 0 Å². The second kappa shape index (κ2) is 6.09. The van der Waals surface area contributed by atoms with E-state index in [9.17, 15) is 0 Å². The molecule has 0 aliphatic carbocycles. The molecule has 0 spiro atoms. The molecule has 0 radical (unpaired) electrons. The lowest BCUT2D eigenvalue weighted by Crippen LogP contribution is -2.47. The Morgan fingerprint density at radius 1 is 1.00 bits per heavy atom. The van der Waals surface area contributed by atoms with Crippen LogP contribution in [-0.4, -0.2) is 8.32 Å². The van der Waals surface area contributed by atoms with Crippen LogP contribution in [0.2, 0.25) is 16.6 Å². The molecule has 0 aliphatic heterocycles. The average molecular weight is 293 g/mol. The molecule has 0 aliphatic rings. The first-order chi connectivity index (χ1) is 6.78. The number of halogens is 1. The van der Waals surface area contributed by atoms with Crippen molar-refractivity contribution >= 4 is 24.2 Å². The maximum Gasteiger partial charge on any atom is 0.258 e. The second-order valence-corrected chi connectivity index (χ2v) is 11.0. The van der Waals surface area contributed by atoms with E-state index in [-0.39, 0.29) is 0 Å². The highest BCUT2D eigenvalue weighted by atomic mass is 79.9. The van der Waals surface area contributed by atoms with Crippen LogP contribution in [0.25, 0.3) is 0 Å². The third kappa shape index (κ3) is 3.35.